The van der Waals surface area contributed by atoms with Gasteiger partial charge in [0.15, 0.2) is 11.6 Å². The zero-order chi connectivity index (χ0) is 20.3. The molecule has 0 aliphatic carbocycles. The fourth-order valence-corrected chi connectivity index (χ4v) is 2.64. The Hall–Kier alpha value is -3.54. The van der Waals surface area contributed by atoms with Gasteiger partial charge in [0.05, 0.1) is 11.8 Å². The third-order valence-electron chi connectivity index (χ3n) is 3.97. The molecular formula is C19H16F3N5O. The first-order valence-electron chi connectivity index (χ1n) is 8.36. The number of hydrogen-bond acceptors (Lipinski definition) is 6. The number of aromatic nitrogens is 2. The molecule has 0 saturated carbocycles. The first-order valence-corrected chi connectivity index (χ1v) is 8.36. The van der Waals surface area contributed by atoms with Crippen molar-refractivity contribution in [3.05, 3.63) is 53.8 Å². The van der Waals surface area contributed by atoms with Crippen LogP contribution < -0.4 is 10.2 Å². The lowest BCUT2D eigenvalue weighted by Gasteiger charge is -2.22. The SMILES string of the molecule is CCNc1nc(-c2ccco2)c(C#N)c(N(C)c2cccc(C(F)(F)F)c2)n1. The van der Waals surface area contributed by atoms with E-state index in [0.29, 0.717) is 12.3 Å². The Bertz CT molecular complexity index is 1010. The number of nitrogens with one attached hydrogen (secondary N) is 1. The van der Waals surface area contributed by atoms with E-state index in [9.17, 15) is 18.4 Å². The predicted molar refractivity (Wildman–Crippen MR) is 98.1 cm³/mol. The third kappa shape index (κ3) is 3.76. The number of nitrogens with zero attached hydrogens (tertiary/aromatic N) is 4. The first kappa shape index (κ1) is 19.2. The van der Waals surface area contributed by atoms with Gasteiger partial charge < -0.3 is 14.6 Å². The molecule has 0 bridgehead atoms. The van der Waals surface area contributed by atoms with Crippen molar-refractivity contribution in [2.45, 2.75) is 13.1 Å². The van der Waals surface area contributed by atoms with Gasteiger partial charge in [-0.1, -0.05) is 6.07 Å². The Morgan fingerprint density at radius 3 is 2.61 bits per heavy atom. The Morgan fingerprint density at radius 2 is 2.00 bits per heavy atom. The number of anilines is 3. The Morgan fingerprint density at radius 1 is 1.21 bits per heavy atom. The second-order valence-electron chi connectivity index (χ2n) is 5.82. The van der Waals surface area contributed by atoms with Gasteiger partial charge in [-0.2, -0.15) is 23.4 Å². The second-order valence-corrected chi connectivity index (χ2v) is 5.82. The summed E-state index contributed by atoms with van der Waals surface area (Å²) >= 11 is 0. The van der Waals surface area contributed by atoms with E-state index < -0.39 is 11.7 Å². The number of nitriles is 1. The topological polar surface area (TPSA) is 78.0 Å². The van der Waals surface area contributed by atoms with Crippen molar-refractivity contribution in [2.75, 3.05) is 23.8 Å². The van der Waals surface area contributed by atoms with Crippen molar-refractivity contribution < 1.29 is 17.6 Å². The molecule has 1 aromatic carbocycles. The van der Waals surface area contributed by atoms with Crippen LogP contribution in [0.5, 0.6) is 0 Å². The van der Waals surface area contributed by atoms with E-state index in [1.54, 1.807) is 19.2 Å². The van der Waals surface area contributed by atoms with Crippen LogP contribution in [-0.4, -0.2) is 23.6 Å². The minimum atomic E-state index is -4.48. The minimum Gasteiger partial charge on any atom is -0.463 e. The summed E-state index contributed by atoms with van der Waals surface area (Å²) in [6.07, 6.45) is -3.03. The summed E-state index contributed by atoms with van der Waals surface area (Å²) < 4.78 is 44.6. The maximum atomic E-state index is 13.1. The second kappa shape index (κ2) is 7.60. The number of alkyl halides is 3. The van der Waals surface area contributed by atoms with Gasteiger partial charge in [0.2, 0.25) is 5.95 Å². The summed E-state index contributed by atoms with van der Waals surface area (Å²) in [4.78, 5) is 10.1. The van der Waals surface area contributed by atoms with Crippen molar-refractivity contribution >= 4 is 17.5 Å². The van der Waals surface area contributed by atoms with Crippen LogP contribution in [0.1, 0.15) is 18.1 Å². The number of halogens is 3. The standard InChI is InChI=1S/C19H16F3N5O/c1-3-24-18-25-16(15-8-5-9-28-15)14(11-23)17(26-18)27(2)13-7-4-6-12(10-13)19(20,21)22/h4-10H,3H2,1-2H3,(H,24,25,26). The molecule has 0 radical (unpaired) electrons. The number of hydrogen-bond donors (Lipinski definition) is 1. The first-order chi connectivity index (χ1) is 13.3. The molecule has 28 heavy (non-hydrogen) atoms. The monoisotopic (exact) mass is 387 g/mol. The summed E-state index contributed by atoms with van der Waals surface area (Å²) in [5, 5.41) is 12.7. The molecule has 0 atom stereocenters. The molecule has 2 aromatic heterocycles. The molecule has 3 aromatic rings. The molecular weight excluding hydrogens is 371 g/mol. The highest BCUT2D eigenvalue weighted by atomic mass is 19.4. The van der Waals surface area contributed by atoms with E-state index in [0.717, 1.165) is 12.1 Å². The van der Waals surface area contributed by atoms with E-state index in [-0.39, 0.29) is 28.7 Å². The lowest BCUT2D eigenvalue weighted by Crippen LogP contribution is -2.17. The summed E-state index contributed by atoms with van der Waals surface area (Å²) in [7, 11) is 1.54. The van der Waals surface area contributed by atoms with Gasteiger partial charge in [-0.15, -0.1) is 0 Å². The number of benzene rings is 1. The quantitative estimate of drug-likeness (QED) is 0.676. The van der Waals surface area contributed by atoms with E-state index in [2.05, 4.69) is 15.3 Å². The normalized spacial score (nSPS) is 11.1. The molecule has 3 rings (SSSR count). The fourth-order valence-electron chi connectivity index (χ4n) is 2.64. The Balaban J connectivity index is 2.16. The highest BCUT2D eigenvalue weighted by molar-refractivity contribution is 5.75. The lowest BCUT2D eigenvalue weighted by molar-refractivity contribution is -0.137. The van der Waals surface area contributed by atoms with Gasteiger partial charge in [-0.25, -0.2) is 4.98 Å². The van der Waals surface area contributed by atoms with Crippen LogP contribution in [0, 0.1) is 11.3 Å². The summed E-state index contributed by atoms with van der Waals surface area (Å²) in [5.74, 6) is 0.762. The molecule has 0 spiro atoms. The molecule has 2 heterocycles. The van der Waals surface area contributed by atoms with E-state index in [4.69, 9.17) is 4.42 Å². The van der Waals surface area contributed by atoms with Gasteiger partial charge >= 0.3 is 6.18 Å². The van der Waals surface area contributed by atoms with Crippen molar-refractivity contribution in [3.8, 4) is 17.5 Å². The highest BCUT2D eigenvalue weighted by Gasteiger charge is 2.31. The van der Waals surface area contributed by atoms with Crippen LogP contribution in [0.25, 0.3) is 11.5 Å². The molecule has 9 heteroatoms. The third-order valence-corrected chi connectivity index (χ3v) is 3.97. The minimum absolute atomic E-state index is 0.0940. The Labute approximate surface area is 159 Å². The van der Waals surface area contributed by atoms with Gasteiger partial charge in [-0.3, -0.25) is 0 Å². The van der Waals surface area contributed by atoms with E-state index >= 15 is 0 Å². The molecule has 0 aliphatic heterocycles. The van der Waals surface area contributed by atoms with Crippen molar-refractivity contribution in [1.82, 2.24) is 9.97 Å². The number of furan rings is 1. The maximum absolute atomic E-state index is 13.1. The van der Waals surface area contributed by atoms with Gasteiger partial charge in [0.1, 0.15) is 17.3 Å². The van der Waals surface area contributed by atoms with E-state index in [1.165, 1.54) is 23.3 Å². The zero-order valence-electron chi connectivity index (χ0n) is 15.1. The van der Waals surface area contributed by atoms with Crippen LogP contribution in [0.15, 0.2) is 47.1 Å². The predicted octanol–water partition coefficient (Wildman–Crippen LogP) is 4.83. The van der Waals surface area contributed by atoms with Gasteiger partial charge in [0, 0.05) is 19.3 Å². The molecule has 6 nitrogen and oxygen atoms in total. The van der Waals surface area contributed by atoms with Crippen LogP contribution in [0.4, 0.5) is 30.6 Å². The lowest BCUT2D eigenvalue weighted by atomic mass is 10.1. The molecule has 1 N–H and O–H groups in total. The van der Waals surface area contributed by atoms with Crippen LogP contribution in [-0.2, 0) is 6.18 Å². The van der Waals surface area contributed by atoms with E-state index in [1.807, 2.05) is 13.0 Å². The fraction of sp³-hybridized carbons (Fsp3) is 0.211. The largest absolute Gasteiger partial charge is 0.463 e. The zero-order valence-corrected chi connectivity index (χ0v) is 15.1. The van der Waals surface area contributed by atoms with Crippen molar-refractivity contribution in [1.29, 1.82) is 5.26 Å². The average Bonchev–Trinajstić information content (AvgIpc) is 3.21. The van der Waals surface area contributed by atoms with Crippen molar-refractivity contribution in [2.24, 2.45) is 0 Å². The summed E-state index contributed by atoms with van der Waals surface area (Å²) in [5.41, 5.74) is -0.204. The summed E-state index contributed by atoms with van der Waals surface area (Å²) in [6.45, 7) is 2.38. The highest BCUT2D eigenvalue weighted by Crippen LogP contribution is 2.35. The molecule has 0 unspecified atom stereocenters. The van der Waals surface area contributed by atoms with Gasteiger partial charge in [0.25, 0.3) is 0 Å². The average molecular weight is 387 g/mol. The maximum Gasteiger partial charge on any atom is 0.416 e. The Kier molecular flexibility index (Phi) is 5.22. The smallest absolute Gasteiger partial charge is 0.416 e. The summed E-state index contributed by atoms with van der Waals surface area (Å²) in [6, 6.07) is 10.1. The number of rotatable bonds is 5. The van der Waals surface area contributed by atoms with Crippen LogP contribution in [0.2, 0.25) is 0 Å². The molecule has 144 valence electrons. The molecule has 0 aliphatic rings. The molecule has 0 fully saturated rings. The van der Waals surface area contributed by atoms with Crippen LogP contribution >= 0.6 is 0 Å². The van der Waals surface area contributed by atoms with Crippen molar-refractivity contribution in [3.63, 3.8) is 0 Å². The molecule has 0 saturated heterocycles. The molecule has 0 amide bonds. The van der Waals surface area contributed by atoms with Gasteiger partial charge in [-0.05, 0) is 37.3 Å². The van der Waals surface area contributed by atoms with Crippen LogP contribution in [0.3, 0.4) is 0 Å².